The molecule has 2 atom stereocenters. The van der Waals surface area contributed by atoms with Crippen LogP contribution in [0.5, 0.6) is 23.0 Å². The van der Waals surface area contributed by atoms with Crippen LogP contribution in [0.2, 0.25) is 0 Å². The van der Waals surface area contributed by atoms with E-state index < -0.39 is 24.0 Å². The first kappa shape index (κ1) is 27.6. The molecule has 0 fully saturated rings. The zero-order valence-corrected chi connectivity index (χ0v) is 22.9. The van der Waals surface area contributed by atoms with Gasteiger partial charge in [0.15, 0.2) is 11.5 Å². The lowest BCUT2D eigenvalue weighted by molar-refractivity contribution is -0.155. The Labute approximate surface area is 238 Å². The molecule has 4 aromatic rings. The SMILES string of the molecule is COc1ccc(O[C@H](C(=O)N2Cc3ccc(OC)c(OCc4ccccc4)c3C[C@@H]2C(=O)O)c2ccccc2)cc1. The number of carbonyl (C=O) groups excluding carboxylic acids is 1. The van der Waals surface area contributed by atoms with Crippen LogP contribution < -0.4 is 18.9 Å². The third-order valence-electron chi connectivity index (χ3n) is 7.09. The van der Waals surface area contributed by atoms with Crippen molar-refractivity contribution in [3.05, 3.63) is 119 Å². The van der Waals surface area contributed by atoms with Crippen molar-refractivity contribution in [1.82, 2.24) is 4.90 Å². The Hall–Kier alpha value is -4.98. The molecule has 1 aliphatic rings. The van der Waals surface area contributed by atoms with Crippen LogP contribution in [-0.2, 0) is 29.2 Å². The maximum atomic E-state index is 14.1. The lowest BCUT2D eigenvalue weighted by Crippen LogP contribution is -2.51. The van der Waals surface area contributed by atoms with Gasteiger partial charge in [0.2, 0.25) is 6.10 Å². The molecule has 0 saturated heterocycles. The second-order valence-corrected chi connectivity index (χ2v) is 9.62. The summed E-state index contributed by atoms with van der Waals surface area (Å²) < 4.78 is 23.2. The van der Waals surface area contributed by atoms with Crippen LogP contribution in [0, 0.1) is 0 Å². The summed E-state index contributed by atoms with van der Waals surface area (Å²) >= 11 is 0. The topological polar surface area (TPSA) is 94.5 Å². The summed E-state index contributed by atoms with van der Waals surface area (Å²) in [6, 6.07) is 28.2. The lowest BCUT2D eigenvalue weighted by Gasteiger charge is -2.37. The Morgan fingerprint density at radius 2 is 1.51 bits per heavy atom. The molecular formula is C33H31NO7. The number of carboxylic acids is 1. The van der Waals surface area contributed by atoms with Crippen LogP contribution in [0.15, 0.2) is 97.1 Å². The highest BCUT2D eigenvalue weighted by Crippen LogP contribution is 2.40. The minimum Gasteiger partial charge on any atom is -0.497 e. The number of aliphatic carboxylic acids is 1. The molecule has 1 heterocycles. The van der Waals surface area contributed by atoms with Crippen molar-refractivity contribution in [3.63, 3.8) is 0 Å². The van der Waals surface area contributed by atoms with Crippen molar-refractivity contribution < 1.29 is 33.6 Å². The van der Waals surface area contributed by atoms with E-state index in [2.05, 4.69) is 0 Å². The van der Waals surface area contributed by atoms with E-state index in [0.717, 1.165) is 11.1 Å². The predicted octanol–water partition coefficient (Wildman–Crippen LogP) is 5.44. The number of benzene rings is 4. The fraction of sp³-hybridized carbons (Fsp3) is 0.212. The Kier molecular flexibility index (Phi) is 8.39. The number of hydrogen-bond acceptors (Lipinski definition) is 6. The second-order valence-electron chi connectivity index (χ2n) is 9.62. The van der Waals surface area contributed by atoms with Gasteiger partial charge in [-0.1, -0.05) is 66.7 Å². The van der Waals surface area contributed by atoms with Crippen LogP contribution in [0.25, 0.3) is 0 Å². The summed E-state index contributed by atoms with van der Waals surface area (Å²) in [6.07, 6.45) is -0.998. The van der Waals surface area contributed by atoms with Crippen molar-refractivity contribution >= 4 is 11.9 Å². The van der Waals surface area contributed by atoms with E-state index in [1.165, 1.54) is 4.90 Å². The molecular weight excluding hydrogens is 522 g/mol. The van der Waals surface area contributed by atoms with Crippen molar-refractivity contribution in [1.29, 1.82) is 0 Å². The molecule has 8 nitrogen and oxygen atoms in total. The number of ether oxygens (including phenoxy) is 4. The van der Waals surface area contributed by atoms with E-state index in [1.807, 2.05) is 54.6 Å². The van der Waals surface area contributed by atoms with Crippen LogP contribution in [0.3, 0.4) is 0 Å². The largest absolute Gasteiger partial charge is 0.497 e. The van der Waals surface area contributed by atoms with Gasteiger partial charge in [0.05, 0.1) is 14.2 Å². The number of rotatable bonds is 10. The minimum absolute atomic E-state index is 0.0573. The smallest absolute Gasteiger partial charge is 0.326 e. The van der Waals surface area contributed by atoms with Gasteiger partial charge >= 0.3 is 5.97 Å². The molecule has 0 aliphatic carbocycles. The number of hydrogen-bond donors (Lipinski definition) is 1. The number of carboxylic acid groups (broad SMARTS) is 1. The van der Waals surface area contributed by atoms with Crippen LogP contribution in [0.4, 0.5) is 0 Å². The Balaban J connectivity index is 1.47. The van der Waals surface area contributed by atoms with E-state index >= 15 is 0 Å². The fourth-order valence-electron chi connectivity index (χ4n) is 4.95. The van der Waals surface area contributed by atoms with Gasteiger partial charge in [0.1, 0.15) is 24.1 Å². The van der Waals surface area contributed by atoms with E-state index in [1.54, 1.807) is 56.7 Å². The Morgan fingerprint density at radius 1 is 0.854 bits per heavy atom. The number of nitrogens with zero attached hydrogens (tertiary/aromatic N) is 1. The van der Waals surface area contributed by atoms with E-state index in [0.29, 0.717) is 40.7 Å². The van der Waals surface area contributed by atoms with E-state index in [-0.39, 0.29) is 13.0 Å². The van der Waals surface area contributed by atoms with Crippen molar-refractivity contribution in [2.75, 3.05) is 14.2 Å². The van der Waals surface area contributed by atoms with Gasteiger partial charge in [0.25, 0.3) is 5.91 Å². The molecule has 210 valence electrons. The molecule has 0 radical (unpaired) electrons. The molecule has 1 amide bonds. The molecule has 0 spiro atoms. The number of carbonyl (C=O) groups is 2. The van der Waals surface area contributed by atoms with Gasteiger partial charge in [-0.25, -0.2) is 4.79 Å². The summed E-state index contributed by atoms with van der Waals surface area (Å²) in [5, 5.41) is 10.3. The first-order chi connectivity index (χ1) is 20.0. The van der Waals surface area contributed by atoms with Crippen molar-refractivity contribution in [2.24, 2.45) is 0 Å². The summed E-state index contributed by atoms with van der Waals surface area (Å²) in [7, 11) is 3.12. The van der Waals surface area contributed by atoms with Gasteiger partial charge in [-0.3, -0.25) is 4.79 Å². The minimum atomic E-state index is -1.13. The first-order valence-corrected chi connectivity index (χ1v) is 13.2. The highest BCUT2D eigenvalue weighted by atomic mass is 16.5. The number of fused-ring (bicyclic) bond motifs is 1. The zero-order chi connectivity index (χ0) is 28.8. The summed E-state index contributed by atoms with van der Waals surface area (Å²) in [4.78, 5) is 28.1. The standard InChI is InChI=1S/C33H31NO7/c1-38-25-14-16-26(17-15-25)41-30(23-11-7-4-8-12-23)32(35)34-20-24-13-18-29(39-2)31(27(24)19-28(34)33(36)37)40-21-22-9-5-3-6-10-22/h3-18,28,30H,19-21H2,1-2H3,(H,36,37)/t28-,30+/m1/s1. The second kappa shape index (κ2) is 12.5. The summed E-state index contributed by atoms with van der Waals surface area (Å²) in [5.41, 5.74) is 3.08. The van der Waals surface area contributed by atoms with Crippen molar-refractivity contribution in [3.8, 4) is 23.0 Å². The fourth-order valence-corrected chi connectivity index (χ4v) is 4.95. The average Bonchev–Trinajstić information content (AvgIpc) is 3.02. The summed E-state index contributed by atoms with van der Waals surface area (Å²) in [5.74, 6) is 0.539. The molecule has 8 heteroatoms. The first-order valence-electron chi connectivity index (χ1n) is 13.2. The monoisotopic (exact) mass is 553 g/mol. The molecule has 1 N–H and O–H groups in total. The van der Waals surface area contributed by atoms with Gasteiger partial charge in [-0.15, -0.1) is 0 Å². The zero-order valence-electron chi connectivity index (χ0n) is 22.9. The third-order valence-corrected chi connectivity index (χ3v) is 7.09. The Bertz CT molecular complexity index is 1490. The molecule has 0 bridgehead atoms. The predicted molar refractivity (Wildman–Crippen MR) is 152 cm³/mol. The Morgan fingerprint density at radius 3 is 2.15 bits per heavy atom. The quantitative estimate of drug-likeness (QED) is 0.279. The molecule has 0 saturated carbocycles. The molecule has 1 aliphatic heterocycles. The van der Waals surface area contributed by atoms with Gasteiger partial charge in [0, 0.05) is 24.1 Å². The summed E-state index contributed by atoms with van der Waals surface area (Å²) in [6.45, 7) is 0.367. The molecule has 5 rings (SSSR count). The van der Waals surface area contributed by atoms with Gasteiger partial charge in [-0.2, -0.15) is 0 Å². The number of amides is 1. The molecule has 41 heavy (non-hydrogen) atoms. The van der Waals surface area contributed by atoms with Crippen LogP contribution in [-0.4, -0.2) is 42.1 Å². The van der Waals surface area contributed by atoms with Crippen LogP contribution in [0.1, 0.15) is 28.4 Å². The number of methoxy groups -OCH3 is 2. The third kappa shape index (κ3) is 6.11. The molecule has 0 unspecified atom stereocenters. The lowest BCUT2D eigenvalue weighted by atomic mass is 9.91. The van der Waals surface area contributed by atoms with E-state index in [9.17, 15) is 14.7 Å². The maximum Gasteiger partial charge on any atom is 0.326 e. The van der Waals surface area contributed by atoms with Crippen LogP contribution >= 0.6 is 0 Å². The average molecular weight is 554 g/mol. The highest BCUT2D eigenvalue weighted by Gasteiger charge is 2.40. The molecule has 0 aromatic heterocycles. The van der Waals surface area contributed by atoms with Crippen molar-refractivity contribution in [2.45, 2.75) is 31.7 Å². The highest BCUT2D eigenvalue weighted by molar-refractivity contribution is 5.88. The van der Waals surface area contributed by atoms with E-state index in [4.69, 9.17) is 18.9 Å². The molecule has 4 aromatic carbocycles. The maximum absolute atomic E-state index is 14.1. The van der Waals surface area contributed by atoms with Gasteiger partial charge in [-0.05, 0) is 41.5 Å². The normalized spacial score (nSPS) is 14.9. The van der Waals surface area contributed by atoms with Gasteiger partial charge < -0.3 is 29.0 Å².